The fourth-order valence-corrected chi connectivity index (χ4v) is 2.27. The number of hydrogen-bond donors (Lipinski definition) is 0. The minimum absolute atomic E-state index is 1.09. The van der Waals surface area contributed by atoms with E-state index in [0.717, 1.165) is 11.3 Å². The molecule has 0 radical (unpaired) electrons. The number of rotatable bonds is 3. The lowest BCUT2D eigenvalue weighted by atomic mass is 10.2. The van der Waals surface area contributed by atoms with Crippen LogP contribution in [0.15, 0.2) is 57.5 Å². The summed E-state index contributed by atoms with van der Waals surface area (Å²) in [6.45, 7) is 2.17. The van der Waals surface area contributed by atoms with Crippen LogP contribution in [0.4, 0.5) is 0 Å². The van der Waals surface area contributed by atoms with E-state index in [1.807, 2.05) is 25.5 Å². The van der Waals surface area contributed by atoms with Crippen molar-refractivity contribution in [1.82, 2.24) is 5.01 Å². The van der Waals surface area contributed by atoms with Gasteiger partial charge in [0.25, 0.3) is 0 Å². The zero-order valence-electron chi connectivity index (χ0n) is 10.1. The normalized spacial score (nSPS) is 14.7. The molecule has 1 aliphatic rings. The Labute approximate surface area is 107 Å². The second-order valence-corrected chi connectivity index (χ2v) is 4.98. The molecule has 0 fully saturated rings. The number of benzene rings is 1. The SMILES string of the molecule is CCc1ccc(SC2=CC=CN(C)N=C2)cc1. The molecule has 0 amide bonds. The van der Waals surface area contributed by atoms with Gasteiger partial charge in [-0.3, -0.25) is 5.01 Å². The number of nitrogens with zero attached hydrogens (tertiary/aromatic N) is 2. The highest BCUT2D eigenvalue weighted by atomic mass is 32.2. The van der Waals surface area contributed by atoms with Crippen LogP contribution in [0.2, 0.25) is 0 Å². The minimum Gasteiger partial charge on any atom is -0.276 e. The van der Waals surface area contributed by atoms with Gasteiger partial charge in [-0.15, -0.1) is 0 Å². The molecule has 3 heteroatoms. The number of thioether (sulfide) groups is 1. The van der Waals surface area contributed by atoms with Crippen molar-refractivity contribution in [2.75, 3.05) is 7.05 Å². The van der Waals surface area contributed by atoms with Crippen LogP contribution < -0.4 is 0 Å². The Morgan fingerprint density at radius 2 is 2.00 bits per heavy atom. The number of allylic oxidation sites excluding steroid dienone is 3. The Morgan fingerprint density at radius 3 is 2.71 bits per heavy atom. The van der Waals surface area contributed by atoms with Crippen LogP contribution >= 0.6 is 11.8 Å². The summed E-state index contributed by atoms with van der Waals surface area (Å²) in [6, 6.07) is 8.68. The third-order valence-electron chi connectivity index (χ3n) is 2.50. The molecule has 0 bridgehead atoms. The molecule has 1 heterocycles. The quantitative estimate of drug-likeness (QED) is 0.806. The summed E-state index contributed by atoms with van der Waals surface area (Å²) in [6.07, 6.45) is 8.99. The third kappa shape index (κ3) is 3.49. The molecule has 0 N–H and O–H groups in total. The summed E-state index contributed by atoms with van der Waals surface area (Å²) in [5, 5.41) is 6.06. The second-order valence-electron chi connectivity index (χ2n) is 3.83. The van der Waals surface area contributed by atoms with Crippen molar-refractivity contribution in [3.8, 4) is 0 Å². The fourth-order valence-electron chi connectivity index (χ4n) is 1.48. The average molecular weight is 244 g/mol. The highest BCUT2D eigenvalue weighted by molar-refractivity contribution is 8.04. The van der Waals surface area contributed by atoms with E-state index in [1.54, 1.807) is 16.8 Å². The van der Waals surface area contributed by atoms with Gasteiger partial charge in [0, 0.05) is 23.0 Å². The monoisotopic (exact) mass is 244 g/mol. The van der Waals surface area contributed by atoms with Crippen molar-refractivity contribution in [2.45, 2.75) is 18.2 Å². The Morgan fingerprint density at radius 1 is 1.24 bits per heavy atom. The summed E-state index contributed by atoms with van der Waals surface area (Å²) in [4.78, 5) is 2.40. The average Bonchev–Trinajstić information content (AvgIpc) is 2.56. The molecule has 0 aromatic heterocycles. The summed E-state index contributed by atoms with van der Waals surface area (Å²) in [5.41, 5.74) is 1.37. The third-order valence-corrected chi connectivity index (χ3v) is 3.48. The molecule has 1 aromatic rings. The zero-order valence-corrected chi connectivity index (χ0v) is 10.9. The van der Waals surface area contributed by atoms with Crippen LogP contribution in [0.25, 0.3) is 0 Å². The van der Waals surface area contributed by atoms with Gasteiger partial charge in [-0.05, 0) is 36.3 Å². The molecule has 0 atom stereocenters. The van der Waals surface area contributed by atoms with Crippen LogP contribution in [0.3, 0.4) is 0 Å². The lowest BCUT2D eigenvalue weighted by molar-refractivity contribution is 0.494. The fraction of sp³-hybridized carbons (Fsp3) is 0.214. The van der Waals surface area contributed by atoms with Crippen molar-refractivity contribution >= 4 is 18.0 Å². The standard InChI is InChI=1S/C14H16N2S/c1-3-12-6-8-13(9-7-12)17-14-5-4-10-16(2)15-11-14/h4-11H,3H2,1-2H3. The molecule has 0 spiro atoms. The molecule has 2 nitrogen and oxygen atoms in total. The Kier molecular flexibility index (Phi) is 4.04. The van der Waals surface area contributed by atoms with Crippen LogP contribution in [0, 0.1) is 0 Å². The van der Waals surface area contributed by atoms with Gasteiger partial charge in [0.2, 0.25) is 0 Å². The van der Waals surface area contributed by atoms with Crippen LogP contribution in [0.5, 0.6) is 0 Å². The molecule has 1 aromatic carbocycles. The largest absolute Gasteiger partial charge is 0.276 e. The lowest BCUT2D eigenvalue weighted by Crippen LogP contribution is -1.99. The van der Waals surface area contributed by atoms with Gasteiger partial charge in [0.15, 0.2) is 0 Å². The van der Waals surface area contributed by atoms with Gasteiger partial charge >= 0.3 is 0 Å². The lowest BCUT2D eigenvalue weighted by Gasteiger charge is -2.04. The van der Waals surface area contributed by atoms with E-state index in [-0.39, 0.29) is 0 Å². The van der Waals surface area contributed by atoms with Gasteiger partial charge in [-0.1, -0.05) is 30.8 Å². The van der Waals surface area contributed by atoms with E-state index in [1.165, 1.54) is 10.5 Å². The first-order valence-electron chi connectivity index (χ1n) is 5.70. The van der Waals surface area contributed by atoms with Gasteiger partial charge in [-0.2, -0.15) is 5.10 Å². The number of hydrogen-bond acceptors (Lipinski definition) is 3. The van der Waals surface area contributed by atoms with Crippen LogP contribution in [-0.4, -0.2) is 18.3 Å². The Hall–Kier alpha value is -1.48. The zero-order chi connectivity index (χ0) is 12.1. The molecule has 0 unspecified atom stereocenters. The topological polar surface area (TPSA) is 15.6 Å². The highest BCUT2D eigenvalue weighted by Gasteiger charge is 2.00. The first-order valence-corrected chi connectivity index (χ1v) is 6.51. The molecule has 88 valence electrons. The molecule has 0 saturated heterocycles. The molecule has 0 saturated carbocycles. The summed E-state index contributed by atoms with van der Waals surface area (Å²) in [5.74, 6) is 0. The maximum Gasteiger partial charge on any atom is 0.0613 e. The van der Waals surface area contributed by atoms with Gasteiger partial charge in [0.1, 0.15) is 0 Å². The molecular weight excluding hydrogens is 228 g/mol. The number of aryl methyl sites for hydroxylation is 1. The number of hydrazone groups is 1. The molecule has 2 rings (SSSR count). The summed E-state index contributed by atoms with van der Waals surface area (Å²) < 4.78 is 0. The smallest absolute Gasteiger partial charge is 0.0613 e. The van der Waals surface area contributed by atoms with E-state index < -0.39 is 0 Å². The van der Waals surface area contributed by atoms with Crippen molar-refractivity contribution in [3.05, 3.63) is 53.1 Å². The molecular formula is C14H16N2S. The molecule has 17 heavy (non-hydrogen) atoms. The van der Waals surface area contributed by atoms with E-state index in [4.69, 9.17) is 0 Å². The van der Waals surface area contributed by atoms with Gasteiger partial charge < -0.3 is 0 Å². The first kappa shape index (κ1) is 12.0. The van der Waals surface area contributed by atoms with Crippen molar-refractivity contribution < 1.29 is 0 Å². The van der Waals surface area contributed by atoms with E-state index in [9.17, 15) is 0 Å². The maximum atomic E-state index is 4.27. The van der Waals surface area contributed by atoms with E-state index in [2.05, 4.69) is 42.4 Å². The van der Waals surface area contributed by atoms with Crippen LogP contribution in [-0.2, 0) is 6.42 Å². The first-order chi connectivity index (χ1) is 8.28. The van der Waals surface area contributed by atoms with Crippen molar-refractivity contribution in [2.24, 2.45) is 5.10 Å². The molecule has 0 aliphatic carbocycles. The van der Waals surface area contributed by atoms with Crippen LogP contribution in [0.1, 0.15) is 12.5 Å². The Bertz CT molecular complexity index is 458. The van der Waals surface area contributed by atoms with Gasteiger partial charge in [-0.25, -0.2) is 0 Å². The predicted molar refractivity (Wildman–Crippen MR) is 75.2 cm³/mol. The second kappa shape index (κ2) is 5.73. The highest BCUT2D eigenvalue weighted by Crippen LogP contribution is 2.26. The maximum absolute atomic E-state index is 4.27. The summed E-state index contributed by atoms with van der Waals surface area (Å²) in [7, 11) is 1.92. The minimum atomic E-state index is 1.09. The van der Waals surface area contributed by atoms with Crippen molar-refractivity contribution in [3.63, 3.8) is 0 Å². The van der Waals surface area contributed by atoms with E-state index in [0.29, 0.717) is 0 Å². The predicted octanol–water partition coefficient (Wildman–Crippen LogP) is 3.67. The van der Waals surface area contributed by atoms with E-state index >= 15 is 0 Å². The summed E-state index contributed by atoms with van der Waals surface area (Å²) >= 11 is 1.73. The Balaban J connectivity index is 2.07. The molecule has 1 aliphatic heterocycles. The van der Waals surface area contributed by atoms with Crippen molar-refractivity contribution in [1.29, 1.82) is 0 Å². The van der Waals surface area contributed by atoms with Gasteiger partial charge in [0.05, 0.1) is 6.21 Å².